The van der Waals surface area contributed by atoms with E-state index in [-0.39, 0.29) is 29.9 Å². The van der Waals surface area contributed by atoms with Gasteiger partial charge >= 0.3 is 0 Å². The minimum atomic E-state index is -0.167. The van der Waals surface area contributed by atoms with Crippen molar-refractivity contribution in [3.63, 3.8) is 0 Å². The van der Waals surface area contributed by atoms with Crippen LogP contribution in [0.5, 0.6) is 0 Å². The summed E-state index contributed by atoms with van der Waals surface area (Å²) < 4.78 is 0. The summed E-state index contributed by atoms with van der Waals surface area (Å²) in [5, 5.41) is 0. The smallest absolute Gasteiger partial charge is 0.167 e. The molecule has 0 aliphatic carbocycles. The van der Waals surface area contributed by atoms with Gasteiger partial charge in [0.05, 0.1) is 0 Å². The SMILES string of the molecule is CN(C)CC(CCC(=O)c1ccccc1)C(=O)c1ccccc1.Cl. The van der Waals surface area contributed by atoms with Gasteiger partial charge in [-0.25, -0.2) is 0 Å². The first-order valence-corrected chi connectivity index (χ1v) is 7.90. The second-order valence-corrected chi connectivity index (χ2v) is 6.02. The lowest BCUT2D eigenvalue weighted by atomic mass is 9.91. The van der Waals surface area contributed by atoms with Crippen LogP contribution in [0.4, 0.5) is 0 Å². The summed E-state index contributed by atoms with van der Waals surface area (Å²) in [6, 6.07) is 18.6. The molecule has 0 heterocycles. The quantitative estimate of drug-likeness (QED) is 0.675. The molecule has 24 heavy (non-hydrogen) atoms. The number of hydrogen-bond donors (Lipinski definition) is 0. The first-order valence-electron chi connectivity index (χ1n) is 7.90. The molecule has 0 radical (unpaired) electrons. The summed E-state index contributed by atoms with van der Waals surface area (Å²) in [6.45, 7) is 0.649. The Hall–Kier alpha value is -1.97. The number of rotatable bonds is 8. The van der Waals surface area contributed by atoms with Crippen LogP contribution in [0.1, 0.15) is 33.6 Å². The number of carbonyl (C=O) groups excluding carboxylic acids is 2. The zero-order chi connectivity index (χ0) is 16.7. The highest BCUT2D eigenvalue weighted by Gasteiger charge is 2.22. The van der Waals surface area contributed by atoms with Crippen LogP contribution in [0, 0.1) is 5.92 Å². The Morgan fingerprint density at radius 3 is 1.88 bits per heavy atom. The van der Waals surface area contributed by atoms with Crippen LogP contribution in [-0.2, 0) is 0 Å². The van der Waals surface area contributed by atoms with Crippen LogP contribution in [-0.4, -0.2) is 37.1 Å². The second-order valence-electron chi connectivity index (χ2n) is 6.02. The fraction of sp³-hybridized carbons (Fsp3) is 0.300. The zero-order valence-electron chi connectivity index (χ0n) is 14.1. The molecule has 128 valence electrons. The van der Waals surface area contributed by atoms with Gasteiger partial charge in [0.2, 0.25) is 0 Å². The molecule has 3 nitrogen and oxygen atoms in total. The molecule has 0 amide bonds. The Morgan fingerprint density at radius 2 is 1.38 bits per heavy atom. The molecular formula is C20H24ClNO2. The summed E-state index contributed by atoms with van der Waals surface area (Å²) in [5.41, 5.74) is 1.43. The third-order valence-corrected chi connectivity index (χ3v) is 3.83. The molecular weight excluding hydrogens is 322 g/mol. The summed E-state index contributed by atoms with van der Waals surface area (Å²) >= 11 is 0. The molecule has 2 aromatic rings. The van der Waals surface area contributed by atoms with Crippen molar-refractivity contribution < 1.29 is 9.59 Å². The highest BCUT2D eigenvalue weighted by atomic mass is 35.5. The van der Waals surface area contributed by atoms with Crippen molar-refractivity contribution in [2.45, 2.75) is 12.8 Å². The maximum atomic E-state index is 12.7. The Bertz CT molecular complexity index is 641. The average Bonchev–Trinajstić information content (AvgIpc) is 2.59. The van der Waals surface area contributed by atoms with Crippen LogP contribution in [0.3, 0.4) is 0 Å². The van der Waals surface area contributed by atoms with Gasteiger partial charge in [0, 0.05) is 30.0 Å². The van der Waals surface area contributed by atoms with Gasteiger partial charge in [0.1, 0.15) is 0 Å². The van der Waals surface area contributed by atoms with Gasteiger partial charge in [-0.1, -0.05) is 60.7 Å². The molecule has 0 spiro atoms. The Balaban J connectivity index is 0.00000288. The lowest BCUT2D eigenvalue weighted by Crippen LogP contribution is -2.28. The molecule has 0 saturated carbocycles. The highest BCUT2D eigenvalue weighted by Crippen LogP contribution is 2.17. The molecule has 0 aliphatic rings. The van der Waals surface area contributed by atoms with E-state index >= 15 is 0 Å². The fourth-order valence-electron chi connectivity index (χ4n) is 2.66. The van der Waals surface area contributed by atoms with Crippen LogP contribution >= 0.6 is 12.4 Å². The van der Waals surface area contributed by atoms with Crippen LogP contribution < -0.4 is 0 Å². The maximum absolute atomic E-state index is 12.7. The van der Waals surface area contributed by atoms with Crippen molar-refractivity contribution in [2.24, 2.45) is 5.92 Å². The van der Waals surface area contributed by atoms with Gasteiger partial charge in [-0.3, -0.25) is 9.59 Å². The molecule has 0 aromatic heterocycles. The number of benzene rings is 2. The number of halogens is 1. The third-order valence-electron chi connectivity index (χ3n) is 3.83. The summed E-state index contributed by atoms with van der Waals surface area (Å²) in [6.07, 6.45) is 0.959. The van der Waals surface area contributed by atoms with Gasteiger partial charge in [-0.15, -0.1) is 12.4 Å². The summed E-state index contributed by atoms with van der Waals surface area (Å²) in [5.74, 6) is 0.0374. The standard InChI is InChI=1S/C20H23NO2.ClH/c1-21(2)15-18(20(23)17-11-7-4-8-12-17)13-14-19(22)16-9-5-3-6-10-16;/h3-12,18H,13-15H2,1-2H3;1H. The van der Waals surface area contributed by atoms with Crippen molar-refractivity contribution >= 4 is 24.0 Å². The molecule has 2 aromatic carbocycles. The lowest BCUT2D eigenvalue weighted by Gasteiger charge is -2.20. The lowest BCUT2D eigenvalue weighted by molar-refractivity contribution is 0.0873. The molecule has 2 rings (SSSR count). The monoisotopic (exact) mass is 345 g/mol. The number of carbonyl (C=O) groups is 2. The Kier molecular flexibility index (Phi) is 8.37. The first-order chi connectivity index (χ1) is 11.1. The second kappa shape index (κ2) is 10.0. The van der Waals surface area contributed by atoms with Crippen molar-refractivity contribution in [3.05, 3.63) is 71.8 Å². The number of Topliss-reactive ketones (excluding diaryl/α,β-unsaturated/α-hetero) is 2. The number of ketones is 2. The third kappa shape index (κ3) is 5.91. The molecule has 0 aliphatic heterocycles. The van der Waals surface area contributed by atoms with E-state index in [1.54, 1.807) is 0 Å². The predicted molar refractivity (Wildman–Crippen MR) is 100 cm³/mol. The van der Waals surface area contributed by atoms with E-state index in [1.807, 2.05) is 79.7 Å². The molecule has 1 atom stereocenters. The Morgan fingerprint density at radius 1 is 0.875 bits per heavy atom. The minimum absolute atomic E-state index is 0. The van der Waals surface area contributed by atoms with Gasteiger partial charge in [0.15, 0.2) is 11.6 Å². The predicted octanol–water partition coefficient (Wildman–Crippen LogP) is 4.13. The molecule has 0 fully saturated rings. The molecule has 0 saturated heterocycles. The summed E-state index contributed by atoms with van der Waals surface area (Å²) in [7, 11) is 3.90. The van der Waals surface area contributed by atoms with E-state index in [0.29, 0.717) is 30.5 Å². The molecule has 0 bridgehead atoms. The van der Waals surface area contributed by atoms with E-state index in [9.17, 15) is 9.59 Å². The molecule has 1 unspecified atom stereocenters. The van der Waals surface area contributed by atoms with E-state index in [4.69, 9.17) is 0 Å². The van der Waals surface area contributed by atoms with Crippen molar-refractivity contribution in [1.82, 2.24) is 4.90 Å². The zero-order valence-corrected chi connectivity index (χ0v) is 15.0. The van der Waals surface area contributed by atoms with Gasteiger partial charge < -0.3 is 4.90 Å². The van der Waals surface area contributed by atoms with Crippen LogP contribution in [0.25, 0.3) is 0 Å². The van der Waals surface area contributed by atoms with Crippen molar-refractivity contribution in [2.75, 3.05) is 20.6 Å². The van der Waals surface area contributed by atoms with E-state index in [1.165, 1.54) is 0 Å². The van der Waals surface area contributed by atoms with Gasteiger partial charge in [-0.05, 0) is 20.5 Å². The van der Waals surface area contributed by atoms with E-state index in [2.05, 4.69) is 0 Å². The number of hydrogen-bond acceptors (Lipinski definition) is 3. The first kappa shape index (κ1) is 20.1. The average molecular weight is 346 g/mol. The fourth-order valence-corrected chi connectivity index (χ4v) is 2.66. The maximum Gasteiger partial charge on any atom is 0.167 e. The number of nitrogens with zero attached hydrogens (tertiary/aromatic N) is 1. The van der Waals surface area contributed by atoms with Crippen molar-refractivity contribution in [1.29, 1.82) is 0 Å². The largest absolute Gasteiger partial charge is 0.309 e. The minimum Gasteiger partial charge on any atom is -0.309 e. The van der Waals surface area contributed by atoms with Crippen molar-refractivity contribution in [3.8, 4) is 0 Å². The highest BCUT2D eigenvalue weighted by molar-refractivity contribution is 5.99. The molecule has 4 heteroatoms. The summed E-state index contributed by atoms with van der Waals surface area (Å²) in [4.78, 5) is 27.0. The van der Waals surface area contributed by atoms with Crippen LogP contribution in [0.2, 0.25) is 0 Å². The Labute approximate surface area is 150 Å². The van der Waals surface area contributed by atoms with E-state index < -0.39 is 0 Å². The van der Waals surface area contributed by atoms with Crippen LogP contribution in [0.15, 0.2) is 60.7 Å². The molecule has 0 N–H and O–H groups in total. The van der Waals surface area contributed by atoms with Gasteiger partial charge in [-0.2, -0.15) is 0 Å². The topological polar surface area (TPSA) is 37.4 Å². The van der Waals surface area contributed by atoms with Gasteiger partial charge in [0.25, 0.3) is 0 Å². The van der Waals surface area contributed by atoms with E-state index in [0.717, 1.165) is 0 Å². The normalized spacial score (nSPS) is 11.6.